The van der Waals surface area contributed by atoms with Gasteiger partial charge in [0, 0.05) is 11.2 Å². The highest BCUT2D eigenvalue weighted by Gasteiger charge is 2.14. The number of rotatable bonds is 3. The average molecular weight is 283 g/mol. The van der Waals surface area contributed by atoms with Gasteiger partial charge in [0.2, 0.25) is 0 Å². The number of sulfonamides is 1. The van der Waals surface area contributed by atoms with Gasteiger partial charge in [0.25, 0.3) is 10.0 Å². The maximum Gasteiger partial charge on any atom is 0.261 e. The smallest absolute Gasteiger partial charge is 0.261 e. The van der Waals surface area contributed by atoms with E-state index in [1.165, 1.54) is 18.3 Å². The number of hydrogen-bond acceptors (Lipinski definition) is 3. The fourth-order valence-electron chi connectivity index (χ4n) is 1.42. The number of aromatic nitrogens is 1. The highest BCUT2D eigenvalue weighted by molar-refractivity contribution is 7.92. The van der Waals surface area contributed by atoms with Crippen molar-refractivity contribution in [2.24, 2.45) is 0 Å². The van der Waals surface area contributed by atoms with Crippen LogP contribution in [0.4, 0.5) is 5.69 Å². The van der Waals surface area contributed by atoms with Crippen molar-refractivity contribution in [1.82, 2.24) is 4.98 Å². The SMILES string of the molecule is Cc1cc(S(=O)(=O)Nc2cccnc2)ccc1Cl. The van der Waals surface area contributed by atoms with Gasteiger partial charge in [-0.05, 0) is 42.8 Å². The average Bonchev–Trinajstić information content (AvgIpc) is 2.33. The molecule has 2 aromatic rings. The van der Waals surface area contributed by atoms with E-state index in [1.807, 2.05) is 0 Å². The van der Waals surface area contributed by atoms with Gasteiger partial charge in [-0.1, -0.05) is 11.6 Å². The van der Waals surface area contributed by atoms with Crippen molar-refractivity contribution in [3.05, 3.63) is 53.3 Å². The molecule has 2 rings (SSSR count). The number of hydrogen-bond donors (Lipinski definition) is 1. The zero-order valence-corrected chi connectivity index (χ0v) is 11.2. The third-order valence-electron chi connectivity index (χ3n) is 2.35. The highest BCUT2D eigenvalue weighted by Crippen LogP contribution is 2.21. The third-order valence-corrected chi connectivity index (χ3v) is 4.16. The Morgan fingerprint density at radius 2 is 2.06 bits per heavy atom. The van der Waals surface area contributed by atoms with Gasteiger partial charge >= 0.3 is 0 Å². The minimum Gasteiger partial charge on any atom is -0.278 e. The summed E-state index contributed by atoms with van der Waals surface area (Å²) in [7, 11) is -3.60. The van der Waals surface area contributed by atoms with Crippen molar-refractivity contribution in [3.63, 3.8) is 0 Å². The van der Waals surface area contributed by atoms with Gasteiger partial charge in [0.1, 0.15) is 0 Å². The Morgan fingerprint density at radius 1 is 1.28 bits per heavy atom. The van der Waals surface area contributed by atoms with E-state index in [2.05, 4.69) is 9.71 Å². The van der Waals surface area contributed by atoms with Crippen LogP contribution in [0.3, 0.4) is 0 Å². The predicted octanol–water partition coefficient (Wildman–Crippen LogP) is 2.84. The molecule has 6 heteroatoms. The van der Waals surface area contributed by atoms with E-state index in [9.17, 15) is 8.42 Å². The lowest BCUT2D eigenvalue weighted by Crippen LogP contribution is -2.13. The van der Waals surface area contributed by atoms with Crippen LogP contribution in [0.2, 0.25) is 5.02 Å². The van der Waals surface area contributed by atoms with Gasteiger partial charge in [-0.2, -0.15) is 0 Å². The minimum atomic E-state index is -3.60. The monoisotopic (exact) mass is 282 g/mol. The topological polar surface area (TPSA) is 59.1 Å². The number of benzene rings is 1. The van der Waals surface area contributed by atoms with Gasteiger partial charge in [-0.3, -0.25) is 9.71 Å². The molecule has 0 aliphatic carbocycles. The van der Waals surface area contributed by atoms with E-state index in [-0.39, 0.29) is 4.90 Å². The lowest BCUT2D eigenvalue weighted by atomic mass is 10.2. The molecule has 1 heterocycles. The second kappa shape index (κ2) is 4.96. The standard InChI is InChI=1S/C12H11ClN2O2S/c1-9-7-11(4-5-12(9)13)18(16,17)15-10-3-2-6-14-8-10/h2-8,15H,1H3. The molecule has 0 bridgehead atoms. The Hall–Kier alpha value is -1.59. The third kappa shape index (κ3) is 2.80. The predicted molar refractivity (Wildman–Crippen MR) is 71.2 cm³/mol. The molecule has 0 radical (unpaired) electrons. The van der Waals surface area contributed by atoms with Crippen LogP contribution in [0.1, 0.15) is 5.56 Å². The Morgan fingerprint density at radius 3 is 2.67 bits per heavy atom. The van der Waals surface area contributed by atoms with Crippen LogP contribution < -0.4 is 4.72 Å². The molecule has 1 N–H and O–H groups in total. The van der Waals surface area contributed by atoms with E-state index in [0.717, 1.165) is 0 Å². The first kappa shape index (κ1) is 12.9. The Kier molecular flexibility index (Phi) is 3.54. The van der Waals surface area contributed by atoms with E-state index in [1.54, 1.807) is 31.3 Å². The molecular formula is C12H11ClN2O2S. The molecule has 0 amide bonds. The van der Waals surface area contributed by atoms with Crippen LogP contribution in [0.5, 0.6) is 0 Å². The summed E-state index contributed by atoms with van der Waals surface area (Å²) in [5.74, 6) is 0. The van der Waals surface area contributed by atoms with Crippen LogP contribution in [0.15, 0.2) is 47.6 Å². The van der Waals surface area contributed by atoms with Crippen LogP contribution in [-0.2, 0) is 10.0 Å². The fourth-order valence-corrected chi connectivity index (χ4v) is 2.67. The Balaban J connectivity index is 2.34. The fraction of sp³-hybridized carbons (Fsp3) is 0.0833. The number of anilines is 1. The number of pyridine rings is 1. The summed E-state index contributed by atoms with van der Waals surface area (Å²) in [6, 6.07) is 7.85. The molecular weight excluding hydrogens is 272 g/mol. The molecule has 0 saturated heterocycles. The number of nitrogens with one attached hydrogen (secondary N) is 1. The second-order valence-electron chi connectivity index (χ2n) is 3.76. The summed E-state index contributed by atoms with van der Waals surface area (Å²) < 4.78 is 26.6. The molecule has 0 fully saturated rings. The molecule has 0 aliphatic heterocycles. The molecule has 0 spiro atoms. The van der Waals surface area contributed by atoms with E-state index in [4.69, 9.17) is 11.6 Å². The van der Waals surface area contributed by atoms with Crippen LogP contribution >= 0.6 is 11.6 Å². The summed E-state index contributed by atoms with van der Waals surface area (Å²) in [6.45, 7) is 1.76. The van der Waals surface area contributed by atoms with Gasteiger partial charge in [0.15, 0.2) is 0 Å². The second-order valence-corrected chi connectivity index (χ2v) is 5.85. The van der Waals surface area contributed by atoms with Crippen molar-refractivity contribution >= 4 is 27.3 Å². The summed E-state index contributed by atoms with van der Waals surface area (Å²) in [4.78, 5) is 4.02. The summed E-state index contributed by atoms with van der Waals surface area (Å²) in [5, 5.41) is 0.537. The van der Waals surface area contributed by atoms with Gasteiger partial charge in [-0.25, -0.2) is 8.42 Å². The summed E-state index contributed by atoms with van der Waals surface area (Å²) >= 11 is 5.87. The summed E-state index contributed by atoms with van der Waals surface area (Å²) in [5.41, 5.74) is 1.14. The van der Waals surface area contributed by atoms with E-state index < -0.39 is 10.0 Å². The normalized spacial score (nSPS) is 11.2. The zero-order chi connectivity index (χ0) is 13.2. The summed E-state index contributed by atoms with van der Waals surface area (Å²) in [6.07, 6.45) is 3.02. The molecule has 1 aromatic carbocycles. The van der Waals surface area contributed by atoms with Crippen LogP contribution in [-0.4, -0.2) is 13.4 Å². The number of halogens is 1. The minimum absolute atomic E-state index is 0.174. The maximum absolute atomic E-state index is 12.1. The van der Waals surface area contributed by atoms with Gasteiger partial charge in [0.05, 0.1) is 16.8 Å². The quantitative estimate of drug-likeness (QED) is 0.942. The molecule has 4 nitrogen and oxygen atoms in total. The van der Waals surface area contributed by atoms with Crippen molar-refractivity contribution in [2.75, 3.05) is 4.72 Å². The molecule has 0 saturated carbocycles. The van der Waals surface area contributed by atoms with Crippen molar-refractivity contribution < 1.29 is 8.42 Å². The van der Waals surface area contributed by atoms with Crippen molar-refractivity contribution in [1.29, 1.82) is 0 Å². The lowest BCUT2D eigenvalue weighted by Gasteiger charge is -2.08. The molecule has 18 heavy (non-hydrogen) atoms. The van der Waals surface area contributed by atoms with Crippen LogP contribution in [0, 0.1) is 6.92 Å². The molecule has 0 unspecified atom stereocenters. The Bertz CT molecular complexity index is 657. The van der Waals surface area contributed by atoms with E-state index >= 15 is 0 Å². The first-order valence-corrected chi connectivity index (χ1v) is 7.04. The van der Waals surface area contributed by atoms with Crippen LogP contribution in [0.25, 0.3) is 0 Å². The molecule has 0 aliphatic rings. The van der Waals surface area contributed by atoms with Crippen molar-refractivity contribution in [2.45, 2.75) is 11.8 Å². The first-order chi connectivity index (χ1) is 8.49. The Labute approximate surface area is 111 Å². The zero-order valence-electron chi connectivity index (χ0n) is 9.59. The molecule has 94 valence electrons. The lowest BCUT2D eigenvalue weighted by molar-refractivity contribution is 0.601. The number of aryl methyl sites for hydroxylation is 1. The van der Waals surface area contributed by atoms with Gasteiger partial charge in [-0.15, -0.1) is 0 Å². The maximum atomic E-state index is 12.1. The highest BCUT2D eigenvalue weighted by atomic mass is 35.5. The largest absolute Gasteiger partial charge is 0.278 e. The van der Waals surface area contributed by atoms with Gasteiger partial charge < -0.3 is 0 Å². The van der Waals surface area contributed by atoms with Crippen molar-refractivity contribution in [3.8, 4) is 0 Å². The molecule has 1 aromatic heterocycles. The van der Waals surface area contributed by atoms with E-state index in [0.29, 0.717) is 16.3 Å². The first-order valence-electron chi connectivity index (χ1n) is 5.18. The molecule has 0 atom stereocenters. The number of nitrogens with zero attached hydrogens (tertiary/aromatic N) is 1.